The number of aliphatic hydroxyl groups excluding tert-OH is 1. The van der Waals surface area contributed by atoms with E-state index in [4.69, 9.17) is 4.74 Å². The Morgan fingerprint density at radius 2 is 1.55 bits per heavy atom. The molecular formula is C27H25NO5. The third-order valence-electron chi connectivity index (χ3n) is 5.83. The number of carbonyl (C=O) groups is 2. The molecule has 1 fully saturated rings. The van der Waals surface area contributed by atoms with Crippen LogP contribution in [0.2, 0.25) is 0 Å². The fraction of sp³-hybridized carbons (Fsp3) is 0.185. The molecule has 1 amide bonds. The average Bonchev–Trinajstić information content (AvgIpc) is 3.03. The van der Waals surface area contributed by atoms with Crippen molar-refractivity contribution in [1.82, 2.24) is 0 Å². The van der Waals surface area contributed by atoms with Gasteiger partial charge in [-0.2, -0.15) is 0 Å². The van der Waals surface area contributed by atoms with Gasteiger partial charge in [-0.25, -0.2) is 0 Å². The number of nitrogens with zero attached hydrogens (tertiary/aromatic N) is 1. The van der Waals surface area contributed by atoms with Gasteiger partial charge in [0.2, 0.25) is 0 Å². The van der Waals surface area contributed by atoms with Crippen LogP contribution in [0.15, 0.2) is 66.2 Å². The van der Waals surface area contributed by atoms with Crippen LogP contribution in [0.4, 0.5) is 5.69 Å². The Kier molecular flexibility index (Phi) is 5.68. The summed E-state index contributed by atoms with van der Waals surface area (Å²) in [5.41, 5.74) is 4.20. The Morgan fingerprint density at radius 1 is 0.909 bits per heavy atom. The number of carbonyl (C=O) groups excluding carboxylic acids is 2. The Labute approximate surface area is 192 Å². The molecule has 4 rings (SSSR count). The number of aryl methyl sites for hydroxylation is 3. The maximum Gasteiger partial charge on any atom is 0.300 e. The number of anilines is 1. The molecule has 168 valence electrons. The molecule has 1 aliphatic heterocycles. The monoisotopic (exact) mass is 443 g/mol. The van der Waals surface area contributed by atoms with Gasteiger partial charge in [-0.3, -0.25) is 14.5 Å². The van der Waals surface area contributed by atoms with Crippen molar-refractivity contribution in [2.75, 3.05) is 12.0 Å². The van der Waals surface area contributed by atoms with Gasteiger partial charge in [0.1, 0.15) is 17.3 Å². The van der Waals surface area contributed by atoms with E-state index in [-0.39, 0.29) is 17.1 Å². The van der Waals surface area contributed by atoms with Crippen molar-refractivity contribution >= 4 is 23.1 Å². The maximum atomic E-state index is 13.3. The van der Waals surface area contributed by atoms with E-state index in [1.807, 2.05) is 32.0 Å². The number of hydrogen-bond donors (Lipinski definition) is 2. The molecule has 33 heavy (non-hydrogen) atoms. The fourth-order valence-corrected chi connectivity index (χ4v) is 4.33. The summed E-state index contributed by atoms with van der Waals surface area (Å²) < 4.78 is 5.24. The Morgan fingerprint density at radius 3 is 2.12 bits per heavy atom. The summed E-state index contributed by atoms with van der Waals surface area (Å²) in [7, 11) is 1.55. The molecule has 3 aromatic carbocycles. The van der Waals surface area contributed by atoms with Crippen molar-refractivity contribution in [2.45, 2.75) is 26.8 Å². The summed E-state index contributed by atoms with van der Waals surface area (Å²) in [6.45, 7) is 5.64. The number of ether oxygens (including phenoxy) is 1. The molecule has 0 aliphatic carbocycles. The summed E-state index contributed by atoms with van der Waals surface area (Å²) in [5, 5.41) is 21.1. The van der Waals surface area contributed by atoms with Crippen molar-refractivity contribution in [2.24, 2.45) is 0 Å². The zero-order valence-corrected chi connectivity index (χ0v) is 18.9. The van der Waals surface area contributed by atoms with Crippen LogP contribution in [0.1, 0.15) is 33.9 Å². The van der Waals surface area contributed by atoms with Crippen LogP contribution < -0.4 is 9.64 Å². The second-order valence-corrected chi connectivity index (χ2v) is 8.29. The number of aromatic hydroxyl groups is 1. The van der Waals surface area contributed by atoms with Crippen LogP contribution in [-0.4, -0.2) is 29.0 Å². The summed E-state index contributed by atoms with van der Waals surface area (Å²) in [6, 6.07) is 16.2. The second-order valence-electron chi connectivity index (χ2n) is 8.29. The topological polar surface area (TPSA) is 87.1 Å². The number of Topliss-reactive ketones (excluding diaryl/α,β-unsaturated/α-hetero) is 1. The van der Waals surface area contributed by atoms with Crippen LogP contribution >= 0.6 is 0 Å². The van der Waals surface area contributed by atoms with Crippen LogP contribution in [0.3, 0.4) is 0 Å². The molecule has 0 saturated carbocycles. The minimum absolute atomic E-state index is 0.00174. The number of hydrogen-bond acceptors (Lipinski definition) is 5. The minimum atomic E-state index is -0.853. The highest BCUT2D eigenvalue weighted by molar-refractivity contribution is 6.51. The Bertz CT molecular complexity index is 1270. The van der Waals surface area contributed by atoms with Gasteiger partial charge < -0.3 is 14.9 Å². The highest BCUT2D eigenvalue weighted by atomic mass is 16.5. The number of phenols is 1. The first-order chi connectivity index (χ1) is 15.7. The van der Waals surface area contributed by atoms with E-state index in [0.29, 0.717) is 28.1 Å². The Balaban J connectivity index is 1.97. The minimum Gasteiger partial charge on any atom is -0.508 e. The summed E-state index contributed by atoms with van der Waals surface area (Å²) in [6.07, 6.45) is 0. The molecule has 1 aliphatic rings. The molecule has 0 bridgehead atoms. The van der Waals surface area contributed by atoms with E-state index < -0.39 is 17.7 Å². The lowest BCUT2D eigenvalue weighted by molar-refractivity contribution is -0.132. The summed E-state index contributed by atoms with van der Waals surface area (Å²) >= 11 is 0. The molecule has 0 radical (unpaired) electrons. The number of methoxy groups -OCH3 is 1. The van der Waals surface area contributed by atoms with Gasteiger partial charge >= 0.3 is 0 Å². The van der Waals surface area contributed by atoms with Crippen molar-refractivity contribution in [3.05, 3.63) is 94.1 Å². The lowest BCUT2D eigenvalue weighted by Gasteiger charge is -2.26. The lowest BCUT2D eigenvalue weighted by atomic mass is 9.93. The average molecular weight is 443 g/mol. The van der Waals surface area contributed by atoms with Gasteiger partial charge in [0.25, 0.3) is 11.7 Å². The van der Waals surface area contributed by atoms with Crippen LogP contribution in [0.5, 0.6) is 11.5 Å². The van der Waals surface area contributed by atoms with Crippen LogP contribution in [0, 0.1) is 20.8 Å². The first kappa shape index (κ1) is 22.1. The van der Waals surface area contributed by atoms with E-state index in [0.717, 1.165) is 11.1 Å². The van der Waals surface area contributed by atoms with Gasteiger partial charge in [0.15, 0.2) is 0 Å². The number of rotatable bonds is 4. The quantitative estimate of drug-likeness (QED) is 0.338. The van der Waals surface area contributed by atoms with Gasteiger partial charge in [-0.05, 0) is 85.5 Å². The molecule has 1 heterocycles. The Hall–Kier alpha value is -4.06. The zero-order valence-electron chi connectivity index (χ0n) is 18.9. The van der Waals surface area contributed by atoms with E-state index in [1.54, 1.807) is 44.4 Å². The maximum absolute atomic E-state index is 13.3. The van der Waals surface area contributed by atoms with E-state index in [1.165, 1.54) is 17.0 Å². The van der Waals surface area contributed by atoms with Crippen LogP contribution in [0.25, 0.3) is 5.76 Å². The molecule has 3 aromatic rings. The van der Waals surface area contributed by atoms with Gasteiger partial charge in [-0.1, -0.05) is 18.2 Å². The van der Waals surface area contributed by atoms with Crippen molar-refractivity contribution in [3.63, 3.8) is 0 Å². The van der Waals surface area contributed by atoms with E-state index in [9.17, 15) is 19.8 Å². The van der Waals surface area contributed by atoms with Crippen LogP contribution in [-0.2, 0) is 9.59 Å². The first-order valence-electron chi connectivity index (χ1n) is 10.5. The molecule has 1 atom stereocenters. The van der Waals surface area contributed by atoms with Crippen molar-refractivity contribution < 1.29 is 24.5 Å². The van der Waals surface area contributed by atoms with Crippen molar-refractivity contribution in [3.8, 4) is 11.5 Å². The standard InChI is InChI=1S/C27H25NO5/c1-15-11-16(2)13-19(12-15)28-24(18-5-7-20(29)8-6-18)23(26(31)27(28)32)25(30)22-10-9-21(33-4)14-17(22)3/h5-14,24,29-30H,1-4H3/b25-23-. The molecule has 1 unspecified atom stereocenters. The largest absolute Gasteiger partial charge is 0.508 e. The predicted molar refractivity (Wildman–Crippen MR) is 127 cm³/mol. The third-order valence-corrected chi connectivity index (χ3v) is 5.83. The SMILES string of the molecule is COc1ccc(/C(O)=C2/C(=O)C(=O)N(c3cc(C)cc(C)c3)C2c2ccc(O)cc2)c(C)c1. The fourth-order valence-electron chi connectivity index (χ4n) is 4.33. The second kappa shape index (κ2) is 8.47. The highest BCUT2D eigenvalue weighted by Gasteiger charge is 2.47. The highest BCUT2D eigenvalue weighted by Crippen LogP contribution is 2.43. The lowest BCUT2D eigenvalue weighted by Crippen LogP contribution is -2.29. The van der Waals surface area contributed by atoms with Gasteiger partial charge in [0, 0.05) is 11.3 Å². The molecule has 6 nitrogen and oxygen atoms in total. The van der Waals surface area contributed by atoms with Gasteiger partial charge in [0.05, 0.1) is 18.7 Å². The summed E-state index contributed by atoms with van der Waals surface area (Å²) in [5.74, 6) is -1.05. The number of benzene rings is 3. The third kappa shape index (κ3) is 3.96. The molecular weight excluding hydrogens is 418 g/mol. The van der Waals surface area contributed by atoms with E-state index >= 15 is 0 Å². The first-order valence-corrected chi connectivity index (χ1v) is 10.5. The number of aliphatic hydroxyl groups is 1. The molecule has 0 spiro atoms. The van der Waals surface area contributed by atoms with E-state index in [2.05, 4.69) is 0 Å². The molecule has 0 aromatic heterocycles. The smallest absolute Gasteiger partial charge is 0.300 e. The molecule has 2 N–H and O–H groups in total. The number of amides is 1. The molecule has 1 saturated heterocycles. The number of ketones is 1. The predicted octanol–water partition coefficient (Wildman–Crippen LogP) is 4.95. The zero-order chi connectivity index (χ0) is 23.9. The normalized spacial score (nSPS) is 17.5. The van der Waals surface area contributed by atoms with Crippen molar-refractivity contribution in [1.29, 1.82) is 0 Å². The summed E-state index contributed by atoms with van der Waals surface area (Å²) in [4.78, 5) is 28.0. The number of phenolic OH excluding ortho intramolecular Hbond substituents is 1. The molecule has 6 heteroatoms. The van der Waals surface area contributed by atoms with Gasteiger partial charge in [-0.15, -0.1) is 0 Å².